The highest BCUT2D eigenvalue weighted by Crippen LogP contribution is 2.31. The lowest BCUT2D eigenvalue weighted by atomic mass is 9.87. The van der Waals surface area contributed by atoms with Gasteiger partial charge in [-0.2, -0.15) is 0 Å². The quantitative estimate of drug-likeness (QED) is 0.671. The Morgan fingerprint density at radius 1 is 1.24 bits per heavy atom. The van der Waals surface area contributed by atoms with Crippen LogP contribution in [0.25, 0.3) is 11.3 Å². The summed E-state index contributed by atoms with van der Waals surface area (Å²) < 4.78 is 16.3. The van der Waals surface area contributed by atoms with Crippen LogP contribution in [0.2, 0.25) is 0 Å². The molecule has 0 N–H and O–H groups in total. The highest BCUT2D eigenvalue weighted by atomic mass is 16.5. The first kappa shape index (κ1) is 17.5. The summed E-state index contributed by atoms with van der Waals surface area (Å²) in [6.45, 7) is 2.76. The fraction of sp³-hybridized carbons (Fsp3) is 0.500. The Balaban J connectivity index is 1.65. The Bertz CT molecular complexity index is 689. The van der Waals surface area contributed by atoms with Crippen LogP contribution in [0.3, 0.4) is 0 Å². The number of ether oxygens (including phenoxy) is 2. The van der Waals surface area contributed by atoms with Gasteiger partial charge in [0.05, 0.1) is 18.8 Å². The molecule has 1 aromatic carbocycles. The summed E-state index contributed by atoms with van der Waals surface area (Å²) in [5.74, 6) is 1.57. The third-order valence-corrected chi connectivity index (χ3v) is 4.66. The second-order valence-electron chi connectivity index (χ2n) is 6.43. The molecule has 134 valence electrons. The largest absolute Gasteiger partial charge is 0.493 e. The van der Waals surface area contributed by atoms with E-state index >= 15 is 0 Å². The van der Waals surface area contributed by atoms with Gasteiger partial charge in [-0.15, -0.1) is 0 Å². The average Bonchev–Trinajstić information content (AvgIpc) is 3.13. The SMILES string of the molecule is CCOC(=O)c1cc(-c2ccccc2OCCC2CCCCC2)on1. The molecule has 0 saturated heterocycles. The summed E-state index contributed by atoms with van der Waals surface area (Å²) in [6.07, 6.45) is 7.77. The van der Waals surface area contributed by atoms with Gasteiger partial charge >= 0.3 is 5.97 Å². The van der Waals surface area contributed by atoms with E-state index in [0.29, 0.717) is 19.0 Å². The summed E-state index contributed by atoms with van der Waals surface area (Å²) in [4.78, 5) is 11.7. The van der Waals surface area contributed by atoms with Crippen molar-refractivity contribution in [2.45, 2.75) is 45.4 Å². The molecule has 2 aromatic rings. The smallest absolute Gasteiger partial charge is 0.360 e. The Morgan fingerprint density at radius 2 is 2.04 bits per heavy atom. The van der Waals surface area contributed by atoms with Gasteiger partial charge in [-0.25, -0.2) is 4.79 Å². The molecule has 0 spiro atoms. The minimum atomic E-state index is -0.479. The minimum Gasteiger partial charge on any atom is -0.493 e. The minimum absolute atomic E-state index is 0.175. The van der Waals surface area contributed by atoms with Gasteiger partial charge in [0.2, 0.25) is 0 Å². The van der Waals surface area contributed by atoms with Crippen LogP contribution >= 0.6 is 0 Å². The Morgan fingerprint density at radius 3 is 2.84 bits per heavy atom. The molecule has 1 heterocycles. The van der Waals surface area contributed by atoms with Crippen molar-refractivity contribution >= 4 is 5.97 Å². The maximum atomic E-state index is 11.7. The van der Waals surface area contributed by atoms with E-state index in [4.69, 9.17) is 14.0 Å². The van der Waals surface area contributed by atoms with E-state index in [0.717, 1.165) is 23.7 Å². The van der Waals surface area contributed by atoms with Crippen molar-refractivity contribution < 1.29 is 18.8 Å². The van der Waals surface area contributed by atoms with Crippen LogP contribution < -0.4 is 4.74 Å². The molecule has 1 saturated carbocycles. The number of rotatable bonds is 7. The van der Waals surface area contributed by atoms with Crippen molar-refractivity contribution in [2.75, 3.05) is 13.2 Å². The number of hydrogen-bond acceptors (Lipinski definition) is 5. The molecule has 5 nitrogen and oxygen atoms in total. The van der Waals surface area contributed by atoms with Crippen LogP contribution in [0.1, 0.15) is 55.9 Å². The molecular weight excluding hydrogens is 318 g/mol. The highest BCUT2D eigenvalue weighted by Gasteiger charge is 2.18. The molecule has 1 fully saturated rings. The summed E-state index contributed by atoms with van der Waals surface area (Å²) >= 11 is 0. The van der Waals surface area contributed by atoms with Crippen molar-refractivity contribution in [1.82, 2.24) is 5.16 Å². The molecule has 0 radical (unpaired) electrons. The van der Waals surface area contributed by atoms with Crippen LogP contribution in [-0.2, 0) is 4.74 Å². The summed E-state index contributed by atoms with van der Waals surface area (Å²) in [7, 11) is 0. The number of benzene rings is 1. The molecule has 0 bridgehead atoms. The molecule has 1 aliphatic carbocycles. The number of carbonyl (C=O) groups is 1. The lowest BCUT2D eigenvalue weighted by molar-refractivity contribution is 0.0514. The van der Waals surface area contributed by atoms with Crippen molar-refractivity contribution in [3.63, 3.8) is 0 Å². The first-order valence-electron chi connectivity index (χ1n) is 9.14. The topological polar surface area (TPSA) is 61.6 Å². The number of carbonyl (C=O) groups excluding carboxylic acids is 1. The maximum absolute atomic E-state index is 11.7. The van der Waals surface area contributed by atoms with Crippen molar-refractivity contribution in [2.24, 2.45) is 5.92 Å². The van der Waals surface area contributed by atoms with E-state index in [1.807, 2.05) is 24.3 Å². The molecule has 3 rings (SSSR count). The van der Waals surface area contributed by atoms with E-state index in [9.17, 15) is 4.79 Å². The first-order chi connectivity index (χ1) is 12.3. The van der Waals surface area contributed by atoms with Crippen LogP contribution in [0, 0.1) is 5.92 Å². The van der Waals surface area contributed by atoms with Crippen LogP contribution in [0.5, 0.6) is 5.75 Å². The van der Waals surface area contributed by atoms with E-state index in [2.05, 4.69) is 5.16 Å². The molecule has 5 heteroatoms. The van der Waals surface area contributed by atoms with Gasteiger partial charge in [-0.3, -0.25) is 0 Å². The number of nitrogens with zero attached hydrogens (tertiary/aromatic N) is 1. The second-order valence-corrected chi connectivity index (χ2v) is 6.43. The van der Waals surface area contributed by atoms with Gasteiger partial charge in [0, 0.05) is 6.07 Å². The molecule has 25 heavy (non-hydrogen) atoms. The second kappa shape index (κ2) is 8.70. The van der Waals surface area contributed by atoms with E-state index in [-0.39, 0.29) is 5.69 Å². The van der Waals surface area contributed by atoms with Gasteiger partial charge in [-0.05, 0) is 31.4 Å². The van der Waals surface area contributed by atoms with Crippen LogP contribution in [-0.4, -0.2) is 24.3 Å². The normalized spacial score (nSPS) is 15.1. The zero-order valence-electron chi connectivity index (χ0n) is 14.7. The molecule has 0 aliphatic heterocycles. The highest BCUT2D eigenvalue weighted by molar-refractivity contribution is 5.88. The molecular formula is C20H25NO4. The predicted molar refractivity (Wildman–Crippen MR) is 94.6 cm³/mol. The fourth-order valence-electron chi connectivity index (χ4n) is 3.31. The monoisotopic (exact) mass is 343 g/mol. The molecule has 1 aromatic heterocycles. The summed E-state index contributed by atoms with van der Waals surface area (Å²) in [6, 6.07) is 9.27. The molecule has 0 amide bonds. The van der Waals surface area contributed by atoms with Gasteiger partial charge in [0.25, 0.3) is 0 Å². The average molecular weight is 343 g/mol. The predicted octanol–water partition coefficient (Wildman–Crippen LogP) is 4.87. The lowest BCUT2D eigenvalue weighted by Gasteiger charge is -2.21. The first-order valence-corrected chi connectivity index (χ1v) is 9.14. The molecule has 1 aliphatic rings. The maximum Gasteiger partial charge on any atom is 0.360 e. The van der Waals surface area contributed by atoms with Crippen molar-refractivity contribution in [3.8, 4) is 17.1 Å². The zero-order valence-corrected chi connectivity index (χ0v) is 14.7. The number of para-hydroxylation sites is 1. The third kappa shape index (κ3) is 4.62. The Kier molecular flexibility index (Phi) is 6.09. The third-order valence-electron chi connectivity index (χ3n) is 4.66. The van der Waals surface area contributed by atoms with Gasteiger partial charge in [0.1, 0.15) is 5.75 Å². The van der Waals surface area contributed by atoms with Crippen molar-refractivity contribution in [3.05, 3.63) is 36.0 Å². The van der Waals surface area contributed by atoms with Gasteiger partial charge in [0.15, 0.2) is 11.5 Å². The fourth-order valence-corrected chi connectivity index (χ4v) is 3.31. The number of esters is 1. The van der Waals surface area contributed by atoms with Crippen LogP contribution in [0.15, 0.2) is 34.9 Å². The number of aromatic nitrogens is 1. The Labute approximate surface area is 148 Å². The Hall–Kier alpha value is -2.30. The van der Waals surface area contributed by atoms with E-state index in [1.165, 1.54) is 32.1 Å². The van der Waals surface area contributed by atoms with Crippen molar-refractivity contribution in [1.29, 1.82) is 0 Å². The standard InChI is InChI=1S/C20H25NO4/c1-2-23-20(22)17-14-19(25-21-17)16-10-6-7-11-18(16)24-13-12-15-8-4-3-5-9-15/h6-7,10-11,14-15H,2-5,8-9,12-13H2,1H3. The van der Waals surface area contributed by atoms with E-state index < -0.39 is 5.97 Å². The number of hydrogen-bond donors (Lipinski definition) is 0. The summed E-state index contributed by atoms with van der Waals surface area (Å²) in [5.41, 5.74) is 0.975. The lowest BCUT2D eigenvalue weighted by Crippen LogP contribution is -2.10. The summed E-state index contributed by atoms with van der Waals surface area (Å²) in [5, 5.41) is 3.80. The van der Waals surface area contributed by atoms with E-state index in [1.54, 1.807) is 13.0 Å². The van der Waals surface area contributed by atoms with Crippen LogP contribution in [0.4, 0.5) is 0 Å². The zero-order chi connectivity index (χ0) is 17.5. The van der Waals surface area contributed by atoms with Gasteiger partial charge < -0.3 is 14.0 Å². The van der Waals surface area contributed by atoms with Gasteiger partial charge in [-0.1, -0.05) is 49.4 Å². The molecule has 0 unspecified atom stereocenters. The molecule has 0 atom stereocenters.